The van der Waals surface area contributed by atoms with Gasteiger partial charge in [-0.1, -0.05) is 6.07 Å². The van der Waals surface area contributed by atoms with Crippen LogP contribution in [-0.4, -0.2) is 104 Å². The molecule has 1 amide bonds. The highest BCUT2D eigenvalue weighted by molar-refractivity contribution is 7.99. The van der Waals surface area contributed by atoms with Crippen molar-refractivity contribution in [2.75, 3.05) is 24.6 Å². The Bertz CT molecular complexity index is 1430. The van der Waals surface area contributed by atoms with Crippen LogP contribution >= 0.6 is 11.8 Å². The standard InChI is InChI=1S/C19H26N6O3S.3C2HF3O2/c1-10-7-11(2)13(18(27)28)8-12(10)15-9-16(25-19(22)24-15)29-6-5-23-17(26)14(21)3-4-20;3*3-2(4,5)1(6)7/h7-9,14H,3-6,20-21H2,1-2H3,(H,23,26)(H,27,28)(H2,22,24,25);3*(H,6,7). The van der Waals surface area contributed by atoms with E-state index >= 15 is 0 Å². The lowest BCUT2D eigenvalue weighted by Gasteiger charge is -2.12. The molecule has 0 aliphatic rings. The van der Waals surface area contributed by atoms with Crippen molar-refractivity contribution in [3.8, 4) is 11.3 Å². The van der Waals surface area contributed by atoms with Crippen LogP contribution in [-0.2, 0) is 19.2 Å². The number of benzene rings is 1. The second-order valence-electron chi connectivity index (χ2n) is 8.97. The number of hydrogen-bond acceptors (Lipinski definition) is 11. The lowest BCUT2D eigenvalue weighted by atomic mass is 9.98. The first-order valence-electron chi connectivity index (χ1n) is 12.8. The molecule has 1 unspecified atom stereocenters. The van der Waals surface area contributed by atoms with Crippen molar-refractivity contribution in [2.24, 2.45) is 11.5 Å². The number of nitrogens with zero attached hydrogens (tertiary/aromatic N) is 2. The first-order valence-corrected chi connectivity index (χ1v) is 13.8. The predicted octanol–water partition coefficient (Wildman–Crippen LogP) is 2.83. The van der Waals surface area contributed by atoms with Gasteiger partial charge >= 0.3 is 42.4 Å². The van der Waals surface area contributed by atoms with Crippen molar-refractivity contribution in [1.82, 2.24) is 15.3 Å². The van der Waals surface area contributed by atoms with Gasteiger partial charge in [-0.25, -0.2) is 29.1 Å². The molecule has 0 radical (unpaired) electrons. The van der Waals surface area contributed by atoms with E-state index < -0.39 is 48.4 Å². The summed E-state index contributed by atoms with van der Waals surface area (Å²) in [6.45, 7) is 4.41. The van der Waals surface area contributed by atoms with Crippen molar-refractivity contribution in [2.45, 2.75) is 49.9 Å². The van der Waals surface area contributed by atoms with Crippen molar-refractivity contribution < 1.29 is 83.9 Å². The fourth-order valence-electron chi connectivity index (χ4n) is 2.78. The molecule has 15 nitrogen and oxygen atoms in total. The Morgan fingerprint density at radius 2 is 1.24 bits per heavy atom. The molecule has 282 valence electrons. The summed E-state index contributed by atoms with van der Waals surface area (Å²) in [6, 6.07) is 4.55. The number of amides is 1. The van der Waals surface area contributed by atoms with E-state index in [0.29, 0.717) is 47.1 Å². The number of halogens is 9. The minimum atomic E-state index is -5.08. The van der Waals surface area contributed by atoms with Gasteiger partial charge in [0.15, 0.2) is 0 Å². The van der Waals surface area contributed by atoms with E-state index in [2.05, 4.69) is 15.3 Å². The molecule has 1 atom stereocenters. The van der Waals surface area contributed by atoms with Gasteiger partial charge in [0.25, 0.3) is 0 Å². The molecule has 1 heterocycles. The van der Waals surface area contributed by atoms with Gasteiger partial charge in [0.2, 0.25) is 11.9 Å². The van der Waals surface area contributed by atoms with E-state index in [9.17, 15) is 54.2 Å². The third kappa shape index (κ3) is 19.2. The number of aromatic carboxylic acids is 1. The lowest BCUT2D eigenvalue weighted by Crippen LogP contribution is -2.42. The maximum absolute atomic E-state index is 11.8. The van der Waals surface area contributed by atoms with Crippen LogP contribution in [0.1, 0.15) is 27.9 Å². The third-order valence-electron chi connectivity index (χ3n) is 4.99. The topological polar surface area (TPSA) is 282 Å². The molecule has 0 spiro atoms. The Morgan fingerprint density at radius 1 is 0.800 bits per heavy atom. The minimum absolute atomic E-state index is 0.0934. The summed E-state index contributed by atoms with van der Waals surface area (Å²) in [6.07, 6.45) is -14.8. The zero-order valence-electron chi connectivity index (χ0n) is 25.4. The van der Waals surface area contributed by atoms with Gasteiger partial charge in [0.05, 0.1) is 17.3 Å². The lowest BCUT2D eigenvalue weighted by molar-refractivity contribution is -0.193. The van der Waals surface area contributed by atoms with E-state index in [1.807, 2.05) is 13.0 Å². The van der Waals surface area contributed by atoms with Gasteiger partial charge in [-0.3, -0.25) is 4.79 Å². The number of nitrogens with two attached hydrogens (primary N) is 3. The van der Waals surface area contributed by atoms with Crippen LogP contribution in [0.3, 0.4) is 0 Å². The molecule has 25 heteroatoms. The monoisotopic (exact) mass is 760 g/mol. The SMILES string of the molecule is Cc1cc(C)c(-c2cc(SCCNC(=O)C(N)CCN)nc(N)n2)cc1C(=O)O.O=C(O)C(F)(F)F.O=C(O)C(F)(F)F.O=C(O)C(F)(F)F. The smallest absolute Gasteiger partial charge is 0.478 e. The molecule has 2 aromatic rings. The minimum Gasteiger partial charge on any atom is -0.478 e. The van der Waals surface area contributed by atoms with Gasteiger partial charge in [0.1, 0.15) is 5.03 Å². The van der Waals surface area contributed by atoms with Gasteiger partial charge in [-0.15, -0.1) is 11.8 Å². The van der Waals surface area contributed by atoms with E-state index in [1.54, 1.807) is 19.1 Å². The molecule has 0 fully saturated rings. The number of carboxylic acids is 4. The van der Waals surface area contributed by atoms with Crippen molar-refractivity contribution in [3.63, 3.8) is 0 Å². The number of carboxylic acid groups (broad SMARTS) is 4. The highest BCUT2D eigenvalue weighted by Gasteiger charge is 2.39. The number of nitrogens with one attached hydrogen (secondary N) is 1. The Labute approximate surface area is 279 Å². The summed E-state index contributed by atoms with van der Waals surface area (Å²) in [4.78, 5) is 58.4. The number of rotatable bonds is 9. The molecule has 0 aliphatic carbocycles. The van der Waals surface area contributed by atoms with E-state index in [1.165, 1.54) is 11.8 Å². The average Bonchev–Trinajstić information content (AvgIpc) is 2.94. The number of alkyl halides is 9. The van der Waals surface area contributed by atoms with Crippen LogP contribution in [0.15, 0.2) is 23.2 Å². The molecule has 1 aromatic carbocycles. The van der Waals surface area contributed by atoms with Crippen LogP contribution in [0.2, 0.25) is 0 Å². The van der Waals surface area contributed by atoms with Gasteiger partial charge in [-0.05, 0) is 50.1 Å². The molecular weight excluding hydrogens is 731 g/mol. The number of aromatic nitrogens is 2. The number of carbonyl (C=O) groups is 5. The van der Waals surface area contributed by atoms with Crippen LogP contribution in [0, 0.1) is 13.8 Å². The normalized spacial score (nSPS) is 11.6. The average molecular weight is 761 g/mol. The fraction of sp³-hybridized carbons (Fsp3) is 0.400. The van der Waals surface area contributed by atoms with E-state index in [0.717, 1.165) is 5.56 Å². The van der Waals surface area contributed by atoms with E-state index in [-0.39, 0.29) is 17.4 Å². The van der Waals surface area contributed by atoms with Crippen molar-refractivity contribution >= 4 is 47.5 Å². The zero-order chi connectivity index (χ0) is 39.8. The molecule has 0 saturated carbocycles. The first-order chi connectivity index (χ1) is 22.6. The number of hydrogen-bond donors (Lipinski definition) is 8. The molecular formula is C25H29F9N6O9S. The second-order valence-corrected chi connectivity index (χ2v) is 10.1. The zero-order valence-corrected chi connectivity index (χ0v) is 26.2. The molecule has 2 rings (SSSR count). The Hall–Kier alpha value is -4.91. The van der Waals surface area contributed by atoms with Crippen LogP contribution in [0.25, 0.3) is 11.3 Å². The van der Waals surface area contributed by atoms with Crippen molar-refractivity contribution in [3.05, 3.63) is 34.9 Å². The molecule has 1 aromatic heterocycles. The maximum atomic E-state index is 11.8. The highest BCUT2D eigenvalue weighted by atomic mass is 32.2. The van der Waals surface area contributed by atoms with Crippen LogP contribution < -0.4 is 22.5 Å². The Balaban J connectivity index is 0. The Morgan fingerprint density at radius 3 is 1.62 bits per heavy atom. The van der Waals surface area contributed by atoms with Gasteiger partial charge < -0.3 is 42.9 Å². The number of carbonyl (C=O) groups excluding carboxylic acids is 1. The molecule has 0 saturated heterocycles. The van der Waals surface area contributed by atoms with E-state index in [4.69, 9.17) is 46.9 Å². The number of nitrogen functional groups attached to an aromatic ring is 1. The largest absolute Gasteiger partial charge is 0.490 e. The number of aryl methyl sites for hydroxylation is 2. The molecule has 0 bridgehead atoms. The third-order valence-corrected chi connectivity index (χ3v) is 5.90. The highest BCUT2D eigenvalue weighted by Crippen LogP contribution is 2.28. The molecule has 50 heavy (non-hydrogen) atoms. The molecule has 11 N–H and O–H groups in total. The second kappa shape index (κ2) is 20.6. The van der Waals surface area contributed by atoms with Crippen LogP contribution in [0.5, 0.6) is 0 Å². The van der Waals surface area contributed by atoms with Crippen LogP contribution in [0.4, 0.5) is 45.5 Å². The summed E-state index contributed by atoms with van der Waals surface area (Å²) in [5.41, 5.74) is 20.0. The summed E-state index contributed by atoms with van der Waals surface area (Å²) in [5, 5.41) is 34.1. The predicted molar refractivity (Wildman–Crippen MR) is 155 cm³/mol. The Kier molecular flexibility index (Phi) is 19.4. The summed E-state index contributed by atoms with van der Waals surface area (Å²) in [5.74, 6) is -8.85. The summed E-state index contributed by atoms with van der Waals surface area (Å²) < 4.78 is 95.2. The number of aliphatic carboxylic acids is 3. The van der Waals surface area contributed by atoms with Gasteiger partial charge in [-0.2, -0.15) is 39.5 Å². The summed E-state index contributed by atoms with van der Waals surface area (Å²) in [7, 11) is 0. The maximum Gasteiger partial charge on any atom is 0.490 e. The van der Waals surface area contributed by atoms with Gasteiger partial charge in [0, 0.05) is 17.9 Å². The first kappa shape index (κ1) is 47.2. The fourth-order valence-corrected chi connectivity index (χ4v) is 3.55. The number of thioether (sulfide) groups is 1. The molecule has 0 aliphatic heterocycles. The quantitative estimate of drug-likeness (QED) is 0.0790. The van der Waals surface area contributed by atoms with Crippen molar-refractivity contribution in [1.29, 1.82) is 0 Å². The summed E-state index contributed by atoms with van der Waals surface area (Å²) >= 11 is 1.40. The number of anilines is 1.